The molecule has 1 heterocycles. The Bertz CT molecular complexity index is 1000. The van der Waals surface area contributed by atoms with Crippen LogP contribution in [0, 0.1) is 0 Å². The van der Waals surface area contributed by atoms with Crippen molar-refractivity contribution in [2.75, 3.05) is 4.90 Å². The number of fused-ring (bicyclic) bond motifs is 1. The number of hydrogen-bond acceptors (Lipinski definition) is 4. The lowest BCUT2D eigenvalue weighted by Gasteiger charge is -2.20. The molecule has 1 aromatic heterocycles. The molecule has 1 aliphatic rings. The van der Waals surface area contributed by atoms with Gasteiger partial charge in [0, 0.05) is 23.9 Å². The summed E-state index contributed by atoms with van der Waals surface area (Å²) >= 11 is 1.65. The van der Waals surface area contributed by atoms with Gasteiger partial charge in [0.15, 0.2) is 5.13 Å². The van der Waals surface area contributed by atoms with Crippen molar-refractivity contribution >= 4 is 28.3 Å². The Kier molecular flexibility index (Phi) is 6.23. The van der Waals surface area contributed by atoms with Crippen LogP contribution in [0.2, 0.25) is 0 Å². The van der Waals surface area contributed by atoms with Gasteiger partial charge in [-0.25, -0.2) is 4.98 Å². The van der Waals surface area contributed by atoms with E-state index in [1.807, 2.05) is 54.6 Å². The van der Waals surface area contributed by atoms with Crippen LogP contribution in [0.15, 0.2) is 54.6 Å². The Labute approximate surface area is 180 Å². The zero-order valence-corrected chi connectivity index (χ0v) is 17.9. The first-order chi connectivity index (χ1) is 14.6. The first-order valence-electron chi connectivity index (χ1n) is 10.3. The fourth-order valence-electron chi connectivity index (χ4n) is 3.59. The average Bonchev–Trinajstić information content (AvgIpc) is 3.20. The van der Waals surface area contributed by atoms with Crippen LogP contribution in [0.3, 0.4) is 0 Å². The van der Waals surface area contributed by atoms with E-state index in [-0.39, 0.29) is 11.8 Å². The molecular formula is C24H25N3O2S. The van der Waals surface area contributed by atoms with E-state index in [4.69, 9.17) is 4.98 Å². The standard InChI is InChI=1S/C24H25N3O2S/c1-17(28)25-15-18-11-13-20(14-12-18)23(29)27(16-19-7-3-2-4-8-19)24-26-21-9-5-6-10-22(21)30-24/h2-4,7-8,11-14H,5-6,9-10,15-16H2,1H3,(H,25,28). The Hall–Kier alpha value is -2.99. The van der Waals surface area contributed by atoms with Gasteiger partial charge in [0.2, 0.25) is 5.91 Å². The van der Waals surface area contributed by atoms with Crippen molar-refractivity contribution in [3.8, 4) is 0 Å². The van der Waals surface area contributed by atoms with Crippen LogP contribution in [0.1, 0.15) is 51.8 Å². The van der Waals surface area contributed by atoms with Crippen LogP contribution >= 0.6 is 11.3 Å². The van der Waals surface area contributed by atoms with Gasteiger partial charge in [-0.2, -0.15) is 0 Å². The number of benzene rings is 2. The molecule has 30 heavy (non-hydrogen) atoms. The summed E-state index contributed by atoms with van der Waals surface area (Å²) < 4.78 is 0. The monoisotopic (exact) mass is 419 g/mol. The summed E-state index contributed by atoms with van der Waals surface area (Å²) in [6.07, 6.45) is 4.41. The minimum Gasteiger partial charge on any atom is -0.352 e. The van der Waals surface area contributed by atoms with Crippen molar-refractivity contribution in [3.63, 3.8) is 0 Å². The molecule has 3 aromatic rings. The molecule has 0 saturated heterocycles. The summed E-state index contributed by atoms with van der Waals surface area (Å²) in [5.41, 5.74) is 3.80. The molecule has 2 amide bonds. The third-order valence-electron chi connectivity index (χ3n) is 5.24. The van der Waals surface area contributed by atoms with Crippen molar-refractivity contribution < 1.29 is 9.59 Å². The van der Waals surface area contributed by atoms with Gasteiger partial charge in [-0.15, -0.1) is 11.3 Å². The van der Waals surface area contributed by atoms with Crippen molar-refractivity contribution in [3.05, 3.63) is 81.9 Å². The Morgan fingerprint density at radius 3 is 2.43 bits per heavy atom. The van der Waals surface area contributed by atoms with Crippen molar-refractivity contribution in [2.45, 2.75) is 45.7 Å². The number of rotatable bonds is 6. The number of thiazole rings is 1. The number of hydrogen-bond donors (Lipinski definition) is 1. The maximum Gasteiger partial charge on any atom is 0.260 e. The summed E-state index contributed by atoms with van der Waals surface area (Å²) in [5.74, 6) is -0.132. The number of carbonyl (C=O) groups is 2. The number of aryl methyl sites for hydroxylation is 2. The lowest BCUT2D eigenvalue weighted by molar-refractivity contribution is -0.119. The molecular weight excluding hydrogens is 394 g/mol. The second kappa shape index (κ2) is 9.22. The van der Waals surface area contributed by atoms with Crippen LogP contribution < -0.4 is 10.2 Å². The number of nitrogens with one attached hydrogen (secondary N) is 1. The summed E-state index contributed by atoms with van der Waals surface area (Å²) in [5, 5.41) is 3.55. The first-order valence-corrected chi connectivity index (χ1v) is 11.1. The summed E-state index contributed by atoms with van der Waals surface area (Å²) in [7, 11) is 0. The molecule has 0 radical (unpaired) electrons. The van der Waals surface area contributed by atoms with Gasteiger partial charge in [0.05, 0.1) is 12.2 Å². The minimum absolute atomic E-state index is 0.0592. The topological polar surface area (TPSA) is 62.3 Å². The van der Waals surface area contributed by atoms with E-state index in [9.17, 15) is 9.59 Å². The molecule has 5 nitrogen and oxygen atoms in total. The average molecular weight is 420 g/mol. The first kappa shape index (κ1) is 20.3. The Balaban J connectivity index is 1.60. The number of anilines is 1. The number of carbonyl (C=O) groups excluding carboxylic acids is 2. The van der Waals surface area contributed by atoms with E-state index >= 15 is 0 Å². The highest BCUT2D eigenvalue weighted by molar-refractivity contribution is 7.16. The smallest absolute Gasteiger partial charge is 0.260 e. The largest absolute Gasteiger partial charge is 0.352 e. The van der Waals surface area contributed by atoms with E-state index in [0.29, 0.717) is 18.7 Å². The van der Waals surface area contributed by atoms with E-state index in [1.165, 1.54) is 24.6 Å². The third kappa shape index (κ3) is 4.76. The van der Waals surface area contributed by atoms with E-state index in [1.54, 1.807) is 16.2 Å². The second-order valence-corrected chi connectivity index (χ2v) is 8.62. The van der Waals surface area contributed by atoms with Crippen molar-refractivity contribution in [2.24, 2.45) is 0 Å². The zero-order valence-electron chi connectivity index (χ0n) is 17.1. The van der Waals surface area contributed by atoms with E-state index in [2.05, 4.69) is 5.32 Å². The van der Waals surface area contributed by atoms with Crippen LogP contribution in [0.5, 0.6) is 0 Å². The van der Waals surface area contributed by atoms with Gasteiger partial charge >= 0.3 is 0 Å². The predicted octanol–water partition coefficient (Wildman–Crippen LogP) is 4.51. The minimum atomic E-state index is -0.0723. The van der Waals surface area contributed by atoms with E-state index < -0.39 is 0 Å². The Morgan fingerprint density at radius 1 is 1.00 bits per heavy atom. The molecule has 0 spiro atoms. The number of amides is 2. The van der Waals surface area contributed by atoms with Gasteiger partial charge in [0.1, 0.15) is 0 Å². The molecule has 0 aliphatic heterocycles. The highest BCUT2D eigenvalue weighted by Crippen LogP contribution is 2.33. The van der Waals surface area contributed by atoms with Crippen molar-refractivity contribution in [1.29, 1.82) is 0 Å². The SMILES string of the molecule is CC(=O)NCc1ccc(C(=O)N(Cc2ccccc2)c2nc3c(s2)CCCC3)cc1. The van der Waals surface area contributed by atoms with E-state index in [0.717, 1.165) is 34.8 Å². The van der Waals surface area contributed by atoms with Gasteiger partial charge < -0.3 is 5.32 Å². The molecule has 6 heteroatoms. The summed E-state index contributed by atoms with van der Waals surface area (Å²) in [4.78, 5) is 32.5. The lowest BCUT2D eigenvalue weighted by Crippen LogP contribution is -2.30. The zero-order chi connectivity index (χ0) is 20.9. The van der Waals surface area contributed by atoms with Gasteiger partial charge in [-0.3, -0.25) is 14.5 Å². The second-order valence-electron chi connectivity index (χ2n) is 7.56. The lowest BCUT2D eigenvalue weighted by atomic mass is 10.0. The third-order valence-corrected chi connectivity index (χ3v) is 6.42. The Morgan fingerprint density at radius 2 is 1.73 bits per heavy atom. The molecule has 0 atom stereocenters. The van der Waals surface area contributed by atoms with Crippen LogP contribution in [-0.4, -0.2) is 16.8 Å². The molecule has 0 saturated carbocycles. The van der Waals surface area contributed by atoms with Gasteiger partial charge in [-0.1, -0.05) is 42.5 Å². The quantitative estimate of drug-likeness (QED) is 0.640. The number of aromatic nitrogens is 1. The molecule has 1 N–H and O–H groups in total. The highest BCUT2D eigenvalue weighted by Gasteiger charge is 2.24. The highest BCUT2D eigenvalue weighted by atomic mass is 32.1. The van der Waals surface area contributed by atoms with Crippen molar-refractivity contribution in [1.82, 2.24) is 10.3 Å². The molecule has 4 rings (SSSR count). The van der Waals surface area contributed by atoms with Crippen LogP contribution in [0.25, 0.3) is 0 Å². The molecule has 1 aliphatic carbocycles. The maximum absolute atomic E-state index is 13.5. The van der Waals surface area contributed by atoms with Gasteiger partial charge in [-0.05, 0) is 48.9 Å². The maximum atomic E-state index is 13.5. The normalized spacial score (nSPS) is 12.8. The summed E-state index contributed by atoms with van der Waals surface area (Å²) in [6.45, 7) is 2.43. The number of nitrogens with zero attached hydrogens (tertiary/aromatic N) is 2. The molecule has 0 unspecified atom stereocenters. The summed E-state index contributed by atoms with van der Waals surface area (Å²) in [6, 6.07) is 17.4. The molecule has 154 valence electrons. The van der Waals surface area contributed by atoms with Crippen LogP contribution in [-0.2, 0) is 30.7 Å². The predicted molar refractivity (Wildman–Crippen MR) is 120 cm³/mol. The van der Waals surface area contributed by atoms with Crippen LogP contribution in [0.4, 0.5) is 5.13 Å². The molecule has 0 bridgehead atoms. The fourth-order valence-corrected chi connectivity index (χ4v) is 4.74. The fraction of sp³-hybridized carbons (Fsp3) is 0.292. The molecule has 0 fully saturated rings. The van der Waals surface area contributed by atoms with Gasteiger partial charge in [0.25, 0.3) is 5.91 Å². The molecule has 2 aromatic carbocycles.